The Hall–Kier alpha value is -2.23. The summed E-state index contributed by atoms with van der Waals surface area (Å²) in [6.07, 6.45) is 2.39. The summed E-state index contributed by atoms with van der Waals surface area (Å²) >= 11 is 0. The molecular weight excluding hydrogens is 380 g/mol. The van der Waals surface area contributed by atoms with Crippen molar-refractivity contribution in [2.24, 2.45) is 0 Å². The average molecular weight is 402 g/mol. The third kappa shape index (κ3) is 2.76. The molecule has 3 aliphatic heterocycles. The Morgan fingerprint density at radius 2 is 2.07 bits per heavy atom. The fraction of sp³-hybridized carbons (Fsp3) is 0.474. The van der Waals surface area contributed by atoms with Crippen LogP contribution in [0.1, 0.15) is 22.5 Å². The van der Waals surface area contributed by atoms with Crippen molar-refractivity contribution in [3.63, 3.8) is 0 Å². The van der Waals surface area contributed by atoms with Gasteiger partial charge in [0.2, 0.25) is 10.0 Å². The number of fused-ring (bicyclic) bond motifs is 1. The predicted molar refractivity (Wildman–Crippen MR) is 101 cm³/mol. The van der Waals surface area contributed by atoms with Gasteiger partial charge in [-0.15, -0.1) is 0 Å². The van der Waals surface area contributed by atoms with Crippen LogP contribution < -0.4 is 0 Å². The Kier molecular flexibility index (Phi) is 4.08. The van der Waals surface area contributed by atoms with Gasteiger partial charge < -0.3 is 9.64 Å². The second kappa shape index (κ2) is 6.40. The first kappa shape index (κ1) is 17.8. The van der Waals surface area contributed by atoms with E-state index in [0.29, 0.717) is 38.2 Å². The first-order chi connectivity index (χ1) is 13.5. The van der Waals surface area contributed by atoms with Gasteiger partial charge in [0.05, 0.1) is 12.6 Å². The summed E-state index contributed by atoms with van der Waals surface area (Å²) in [5.41, 5.74) is 0.676. The number of rotatable bonds is 4. The summed E-state index contributed by atoms with van der Waals surface area (Å²) in [4.78, 5) is 14.5. The molecule has 148 valence electrons. The number of H-pyrrole nitrogens is 1. The van der Waals surface area contributed by atoms with Gasteiger partial charge in [-0.2, -0.15) is 9.40 Å². The standard InChI is InChI=1S/C19H22N4O4S/c24-18(16-6-8-20-21-16)22-11-15-10-17-19(12-22,27-15)13-23(28(17,25)26)9-7-14-4-2-1-3-5-14/h1-6,8,15,17H,7,9-13H2,(H,20,21)/t15-,17+,19+/m1/s1. The predicted octanol–water partition coefficient (Wildman–Crippen LogP) is 0.650. The van der Waals surface area contributed by atoms with Gasteiger partial charge in [-0.1, -0.05) is 30.3 Å². The van der Waals surface area contributed by atoms with Crippen LogP contribution in [0.5, 0.6) is 0 Å². The van der Waals surface area contributed by atoms with Crippen molar-refractivity contribution in [2.45, 2.75) is 29.8 Å². The fourth-order valence-corrected chi connectivity index (χ4v) is 7.06. The lowest BCUT2D eigenvalue weighted by molar-refractivity contribution is -0.0977. The van der Waals surface area contributed by atoms with Crippen molar-refractivity contribution in [3.05, 3.63) is 53.9 Å². The van der Waals surface area contributed by atoms with Crippen molar-refractivity contribution in [1.29, 1.82) is 0 Å². The summed E-state index contributed by atoms with van der Waals surface area (Å²) < 4.78 is 34.1. The van der Waals surface area contributed by atoms with Crippen LogP contribution in [0.4, 0.5) is 0 Å². The average Bonchev–Trinajstić information content (AvgIpc) is 3.35. The first-order valence-corrected chi connectivity index (χ1v) is 11.0. The maximum Gasteiger partial charge on any atom is 0.272 e. The molecule has 0 unspecified atom stereocenters. The zero-order valence-electron chi connectivity index (χ0n) is 15.3. The quantitative estimate of drug-likeness (QED) is 0.810. The largest absolute Gasteiger partial charge is 0.365 e. The topological polar surface area (TPSA) is 95.6 Å². The van der Waals surface area contributed by atoms with E-state index in [-0.39, 0.29) is 18.6 Å². The number of morpholine rings is 1. The van der Waals surface area contributed by atoms with Gasteiger partial charge in [0.25, 0.3) is 5.91 Å². The highest BCUT2D eigenvalue weighted by Gasteiger charge is 2.65. The van der Waals surface area contributed by atoms with E-state index in [0.717, 1.165) is 5.56 Å². The van der Waals surface area contributed by atoms with Crippen LogP contribution in [0.3, 0.4) is 0 Å². The van der Waals surface area contributed by atoms with Gasteiger partial charge in [-0.05, 0) is 24.5 Å². The Morgan fingerprint density at radius 3 is 2.82 bits per heavy atom. The van der Waals surface area contributed by atoms with Crippen LogP contribution in [0.2, 0.25) is 0 Å². The highest BCUT2D eigenvalue weighted by Crippen LogP contribution is 2.46. The molecule has 5 rings (SSSR count). The Labute approximate surface area is 163 Å². The molecule has 9 heteroatoms. The van der Waals surface area contributed by atoms with Crippen molar-refractivity contribution < 1.29 is 17.9 Å². The number of ether oxygens (including phenoxy) is 1. The minimum atomic E-state index is -3.45. The molecule has 1 spiro atoms. The van der Waals surface area contributed by atoms with Gasteiger partial charge in [-0.3, -0.25) is 9.89 Å². The number of aromatic nitrogens is 2. The van der Waals surface area contributed by atoms with Crippen molar-refractivity contribution >= 4 is 15.9 Å². The number of carbonyl (C=O) groups is 1. The molecule has 0 aliphatic carbocycles. The van der Waals surface area contributed by atoms with Crippen LogP contribution in [0.15, 0.2) is 42.6 Å². The monoisotopic (exact) mass is 402 g/mol. The van der Waals surface area contributed by atoms with Gasteiger partial charge in [0, 0.05) is 25.8 Å². The van der Waals surface area contributed by atoms with Gasteiger partial charge in [-0.25, -0.2) is 8.42 Å². The molecule has 0 radical (unpaired) electrons. The minimum absolute atomic E-state index is 0.161. The maximum atomic E-state index is 13.2. The second-order valence-electron chi connectivity index (χ2n) is 7.80. The molecule has 28 heavy (non-hydrogen) atoms. The van der Waals surface area contributed by atoms with Gasteiger partial charge >= 0.3 is 0 Å². The van der Waals surface area contributed by atoms with E-state index in [1.165, 1.54) is 6.20 Å². The van der Waals surface area contributed by atoms with E-state index in [1.807, 2.05) is 30.3 Å². The Bertz CT molecular complexity index is 979. The molecule has 4 heterocycles. The molecule has 1 amide bonds. The van der Waals surface area contributed by atoms with E-state index in [9.17, 15) is 13.2 Å². The van der Waals surface area contributed by atoms with Crippen LogP contribution in [0.25, 0.3) is 0 Å². The van der Waals surface area contributed by atoms with Gasteiger partial charge in [0.1, 0.15) is 16.5 Å². The molecule has 3 saturated heterocycles. The number of carbonyl (C=O) groups excluding carboxylic acids is 1. The summed E-state index contributed by atoms with van der Waals surface area (Å²) in [6.45, 7) is 1.42. The molecule has 2 aromatic rings. The number of likely N-dealkylation sites (tertiary alicyclic amines) is 1. The van der Waals surface area contributed by atoms with E-state index in [4.69, 9.17) is 4.74 Å². The molecule has 0 saturated carbocycles. The van der Waals surface area contributed by atoms with Crippen LogP contribution in [0, 0.1) is 0 Å². The van der Waals surface area contributed by atoms with Gasteiger partial charge in [0.15, 0.2) is 0 Å². The molecule has 1 aromatic carbocycles. The summed E-state index contributed by atoms with van der Waals surface area (Å²) in [7, 11) is -3.45. The highest BCUT2D eigenvalue weighted by atomic mass is 32.2. The molecule has 3 aliphatic rings. The molecule has 2 bridgehead atoms. The Morgan fingerprint density at radius 1 is 1.25 bits per heavy atom. The number of aromatic amines is 1. The second-order valence-corrected chi connectivity index (χ2v) is 9.91. The molecule has 8 nitrogen and oxygen atoms in total. The first-order valence-electron chi connectivity index (χ1n) is 9.47. The number of benzene rings is 1. The van der Waals surface area contributed by atoms with Crippen molar-refractivity contribution in [1.82, 2.24) is 19.4 Å². The van der Waals surface area contributed by atoms with E-state index in [1.54, 1.807) is 15.3 Å². The number of hydrogen-bond acceptors (Lipinski definition) is 5. The van der Waals surface area contributed by atoms with Crippen LogP contribution in [-0.4, -0.2) is 76.9 Å². The highest BCUT2D eigenvalue weighted by molar-refractivity contribution is 7.90. The fourth-order valence-electron chi connectivity index (χ4n) is 4.75. The van der Waals surface area contributed by atoms with E-state index in [2.05, 4.69) is 10.2 Å². The van der Waals surface area contributed by atoms with E-state index < -0.39 is 20.9 Å². The lowest BCUT2D eigenvalue weighted by atomic mass is 9.99. The van der Waals surface area contributed by atoms with Crippen molar-refractivity contribution in [2.75, 3.05) is 26.2 Å². The number of nitrogens with one attached hydrogen (secondary N) is 1. The maximum absolute atomic E-state index is 13.2. The minimum Gasteiger partial charge on any atom is -0.365 e. The van der Waals surface area contributed by atoms with Crippen LogP contribution in [-0.2, 0) is 21.2 Å². The number of sulfonamides is 1. The molecule has 1 N–H and O–H groups in total. The molecule has 3 fully saturated rings. The zero-order valence-corrected chi connectivity index (χ0v) is 16.1. The van der Waals surface area contributed by atoms with Crippen molar-refractivity contribution in [3.8, 4) is 0 Å². The normalized spacial score (nSPS) is 31.1. The summed E-state index contributed by atoms with van der Waals surface area (Å²) in [6, 6.07) is 11.5. The third-order valence-corrected chi connectivity index (χ3v) is 8.39. The number of nitrogens with zero attached hydrogens (tertiary/aromatic N) is 3. The smallest absolute Gasteiger partial charge is 0.272 e. The third-order valence-electron chi connectivity index (χ3n) is 6.02. The SMILES string of the molecule is O=C(c1ccn[nH]1)N1C[C@H]2C[C@H]3[C@](C1)(CN(CCc1ccccc1)S3(=O)=O)O2. The lowest BCUT2D eigenvalue weighted by Gasteiger charge is -2.39. The summed E-state index contributed by atoms with van der Waals surface area (Å²) in [5, 5.41) is 5.95. The van der Waals surface area contributed by atoms with Crippen LogP contribution >= 0.6 is 0 Å². The lowest BCUT2D eigenvalue weighted by Crippen LogP contribution is -2.56. The molecule has 3 atom stereocenters. The molecule has 1 aromatic heterocycles. The molecular formula is C19H22N4O4S. The number of hydrogen-bond donors (Lipinski definition) is 1. The van der Waals surface area contributed by atoms with E-state index >= 15 is 0 Å². The Balaban J connectivity index is 1.36. The summed E-state index contributed by atoms with van der Waals surface area (Å²) in [5.74, 6) is -0.161. The zero-order chi connectivity index (χ0) is 19.4. The number of amides is 1.